The van der Waals surface area contributed by atoms with Crippen molar-refractivity contribution in [2.24, 2.45) is 5.92 Å². The zero-order valence-corrected chi connectivity index (χ0v) is 13.0. The number of sulfonamides is 1. The minimum absolute atomic E-state index is 0.0118. The number of nitro benzene ring substituents is 1. The first-order chi connectivity index (χ1) is 9.81. The van der Waals surface area contributed by atoms with Crippen LogP contribution in [0.5, 0.6) is 0 Å². The standard InChI is InChI=1S/C12H17ClN2O5S/c1-2-9(5-6-16)8-14-21(19,20)12-7-10(15(17)18)3-4-11(12)13/h3-4,7,9,14,16H,2,5-6,8H2,1H3. The Bertz CT molecular complexity index is 606. The third-order valence-electron chi connectivity index (χ3n) is 3.09. The molecule has 0 aliphatic heterocycles. The molecule has 2 N–H and O–H groups in total. The van der Waals surface area contributed by atoms with Crippen LogP contribution in [0.1, 0.15) is 19.8 Å². The quantitative estimate of drug-likeness (QED) is 0.557. The second kappa shape index (κ2) is 7.69. The predicted octanol–water partition coefficient (Wildman–Crippen LogP) is 1.94. The van der Waals surface area contributed by atoms with E-state index in [1.54, 1.807) is 0 Å². The van der Waals surface area contributed by atoms with E-state index in [1.165, 1.54) is 6.07 Å². The van der Waals surface area contributed by atoms with Gasteiger partial charge in [0.25, 0.3) is 5.69 Å². The van der Waals surface area contributed by atoms with Gasteiger partial charge in [-0.1, -0.05) is 24.9 Å². The molecule has 0 aliphatic rings. The second-order valence-electron chi connectivity index (χ2n) is 4.51. The Morgan fingerprint density at radius 3 is 2.67 bits per heavy atom. The van der Waals surface area contributed by atoms with E-state index in [-0.39, 0.29) is 34.7 Å². The largest absolute Gasteiger partial charge is 0.396 e. The maximum atomic E-state index is 12.2. The van der Waals surface area contributed by atoms with Crippen LogP contribution in [0.25, 0.3) is 0 Å². The van der Waals surface area contributed by atoms with Crippen LogP contribution in [0, 0.1) is 16.0 Å². The summed E-state index contributed by atoms with van der Waals surface area (Å²) in [5.74, 6) is -0.0118. The van der Waals surface area contributed by atoms with Crippen LogP contribution >= 0.6 is 11.6 Å². The van der Waals surface area contributed by atoms with Gasteiger partial charge < -0.3 is 5.11 Å². The Balaban J connectivity index is 2.97. The van der Waals surface area contributed by atoms with E-state index in [0.717, 1.165) is 12.1 Å². The molecule has 0 radical (unpaired) electrons. The van der Waals surface area contributed by atoms with Crippen molar-refractivity contribution in [1.82, 2.24) is 4.72 Å². The smallest absolute Gasteiger partial charge is 0.270 e. The number of hydrogen-bond acceptors (Lipinski definition) is 5. The number of nitrogens with zero attached hydrogens (tertiary/aromatic N) is 1. The summed E-state index contributed by atoms with van der Waals surface area (Å²) >= 11 is 5.81. The summed E-state index contributed by atoms with van der Waals surface area (Å²) in [7, 11) is -3.94. The first-order valence-electron chi connectivity index (χ1n) is 6.36. The van der Waals surface area contributed by atoms with Crippen LogP contribution in [0.15, 0.2) is 23.1 Å². The van der Waals surface area contributed by atoms with Crippen molar-refractivity contribution < 1.29 is 18.4 Å². The highest BCUT2D eigenvalue weighted by Crippen LogP contribution is 2.26. The van der Waals surface area contributed by atoms with Crippen molar-refractivity contribution in [2.45, 2.75) is 24.7 Å². The molecule has 9 heteroatoms. The van der Waals surface area contributed by atoms with Gasteiger partial charge in [-0.2, -0.15) is 0 Å². The summed E-state index contributed by atoms with van der Waals surface area (Å²) in [6.07, 6.45) is 1.17. The summed E-state index contributed by atoms with van der Waals surface area (Å²) in [6.45, 7) is 1.99. The molecule has 0 spiro atoms. The molecular weight excluding hydrogens is 320 g/mol. The summed E-state index contributed by atoms with van der Waals surface area (Å²) in [5, 5.41) is 19.5. The first-order valence-corrected chi connectivity index (χ1v) is 8.22. The van der Waals surface area contributed by atoms with E-state index >= 15 is 0 Å². The third kappa shape index (κ3) is 4.92. The van der Waals surface area contributed by atoms with Gasteiger partial charge in [-0.25, -0.2) is 13.1 Å². The Morgan fingerprint density at radius 2 is 2.14 bits per heavy atom. The highest BCUT2D eigenvalue weighted by molar-refractivity contribution is 7.89. The molecule has 0 saturated heterocycles. The molecule has 1 aromatic rings. The Labute approximate surface area is 128 Å². The molecule has 21 heavy (non-hydrogen) atoms. The van der Waals surface area contributed by atoms with Crippen LogP contribution in [0.2, 0.25) is 5.02 Å². The molecule has 1 aromatic carbocycles. The molecule has 0 bridgehead atoms. The van der Waals surface area contributed by atoms with Crippen LogP contribution in [-0.4, -0.2) is 31.6 Å². The normalized spacial score (nSPS) is 13.1. The number of non-ortho nitro benzene ring substituents is 1. The second-order valence-corrected chi connectivity index (χ2v) is 6.65. The van der Waals surface area contributed by atoms with E-state index in [1.807, 2.05) is 6.92 Å². The molecule has 0 amide bonds. The lowest BCUT2D eigenvalue weighted by molar-refractivity contribution is -0.385. The van der Waals surface area contributed by atoms with Crippen molar-refractivity contribution in [3.8, 4) is 0 Å². The molecule has 0 heterocycles. The minimum Gasteiger partial charge on any atom is -0.396 e. The van der Waals surface area contributed by atoms with Crippen LogP contribution in [0.3, 0.4) is 0 Å². The zero-order chi connectivity index (χ0) is 16.0. The van der Waals surface area contributed by atoms with Gasteiger partial charge in [-0.05, 0) is 18.4 Å². The highest BCUT2D eigenvalue weighted by atomic mass is 35.5. The molecule has 0 saturated carbocycles. The molecular formula is C12H17ClN2O5S. The maximum Gasteiger partial charge on any atom is 0.270 e. The Kier molecular flexibility index (Phi) is 6.53. The summed E-state index contributed by atoms with van der Waals surface area (Å²) in [6, 6.07) is 3.25. The van der Waals surface area contributed by atoms with Gasteiger partial charge >= 0.3 is 0 Å². The van der Waals surface area contributed by atoms with Gasteiger partial charge in [0.2, 0.25) is 10.0 Å². The van der Waals surface area contributed by atoms with Gasteiger partial charge in [-0.15, -0.1) is 0 Å². The molecule has 1 rings (SSSR count). The molecule has 1 unspecified atom stereocenters. The van der Waals surface area contributed by atoms with Gasteiger partial charge in [0, 0.05) is 25.3 Å². The molecule has 7 nitrogen and oxygen atoms in total. The van der Waals surface area contributed by atoms with Gasteiger partial charge in [0.05, 0.1) is 9.95 Å². The molecule has 0 aromatic heterocycles. The van der Waals surface area contributed by atoms with Crippen molar-refractivity contribution in [2.75, 3.05) is 13.2 Å². The number of nitro groups is 1. The highest BCUT2D eigenvalue weighted by Gasteiger charge is 2.22. The van der Waals surface area contributed by atoms with Crippen LogP contribution in [-0.2, 0) is 10.0 Å². The van der Waals surface area contributed by atoms with Gasteiger partial charge in [0.1, 0.15) is 4.90 Å². The van der Waals surface area contributed by atoms with E-state index in [2.05, 4.69) is 4.72 Å². The average Bonchev–Trinajstić information content (AvgIpc) is 2.43. The lowest BCUT2D eigenvalue weighted by atomic mass is 10.0. The number of nitrogens with one attached hydrogen (secondary N) is 1. The fourth-order valence-corrected chi connectivity index (χ4v) is 3.38. The molecule has 118 valence electrons. The van der Waals surface area contributed by atoms with Crippen molar-refractivity contribution in [1.29, 1.82) is 0 Å². The lowest BCUT2D eigenvalue weighted by Gasteiger charge is -2.15. The third-order valence-corrected chi connectivity index (χ3v) is 5.00. The van der Waals surface area contributed by atoms with E-state index < -0.39 is 14.9 Å². The Hall–Kier alpha value is -1.22. The topological polar surface area (TPSA) is 110 Å². The van der Waals surface area contributed by atoms with Gasteiger partial charge in [0.15, 0.2) is 0 Å². The van der Waals surface area contributed by atoms with Crippen LogP contribution < -0.4 is 4.72 Å². The van der Waals surface area contributed by atoms with Crippen molar-refractivity contribution >= 4 is 27.3 Å². The number of hydrogen-bond donors (Lipinski definition) is 2. The number of rotatable bonds is 8. The maximum absolute atomic E-state index is 12.2. The fraction of sp³-hybridized carbons (Fsp3) is 0.500. The van der Waals surface area contributed by atoms with Crippen molar-refractivity contribution in [3.05, 3.63) is 33.3 Å². The van der Waals surface area contributed by atoms with Crippen molar-refractivity contribution in [3.63, 3.8) is 0 Å². The monoisotopic (exact) mass is 336 g/mol. The zero-order valence-electron chi connectivity index (χ0n) is 11.5. The number of halogens is 1. The van der Waals surface area contributed by atoms with Crippen LogP contribution in [0.4, 0.5) is 5.69 Å². The SMILES string of the molecule is CCC(CCO)CNS(=O)(=O)c1cc([N+](=O)[O-])ccc1Cl. The predicted molar refractivity (Wildman–Crippen MR) is 78.8 cm³/mol. The first kappa shape index (κ1) is 17.8. The average molecular weight is 337 g/mol. The number of aliphatic hydroxyl groups excluding tert-OH is 1. The van der Waals surface area contributed by atoms with E-state index in [4.69, 9.17) is 16.7 Å². The number of benzene rings is 1. The Morgan fingerprint density at radius 1 is 1.48 bits per heavy atom. The summed E-state index contributed by atoms with van der Waals surface area (Å²) < 4.78 is 26.7. The molecule has 0 aliphatic carbocycles. The number of aliphatic hydroxyl groups is 1. The molecule has 1 atom stereocenters. The fourth-order valence-electron chi connectivity index (χ4n) is 1.75. The molecule has 0 fully saturated rings. The summed E-state index contributed by atoms with van der Waals surface area (Å²) in [4.78, 5) is 9.70. The van der Waals surface area contributed by atoms with E-state index in [0.29, 0.717) is 12.8 Å². The lowest BCUT2D eigenvalue weighted by Crippen LogP contribution is -2.30. The van der Waals surface area contributed by atoms with E-state index in [9.17, 15) is 18.5 Å². The summed E-state index contributed by atoms with van der Waals surface area (Å²) in [5.41, 5.74) is -0.345. The minimum atomic E-state index is -3.94. The van der Waals surface area contributed by atoms with Gasteiger partial charge in [-0.3, -0.25) is 10.1 Å².